The summed E-state index contributed by atoms with van der Waals surface area (Å²) in [6, 6.07) is 22.0. The SMILES string of the molecule is O=C(Cc1ccccc1)NC1CCC2(CC1)CN(S(=O)(=O)c1ccc(C(F)F)cc1)c1ccccc12. The summed E-state index contributed by atoms with van der Waals surface area (Å²) in [5.41, 5.74) is 2.05. The lowest BCUT2D eigenvalue weighted by Crippen LogP contribution is -2.45. The van der Waals surface area contributed by atoms with Crippen LogP contribution in [0.3, 0.4) is 0 Å². The lowest BCUT2D eigenvalue weighted by Gasteiger charge is -2.38. The van der Waals surface area contributed by atoms with Crippen LogP contribution in [0.5, 0.6) is 0 Å². The van der Waals surface area contributed by atoms with Crippen LogP contribution in [0.1, 0.15) is 48.8 Å². The number of nitrogens with zero attached hydrogens (tertiary/aromatic N) is 1. The van der Waals surface area contributed by atoms with E-state index < -0.39 is 16.4 Å². The number of benzene rings is 3. The van der Waals surface area contributed by atoms with Crippen LogP contribution < -0.4 is 9.62 Å². The molecule has 2 aliphatic rings. The fourth-order valence-corrected chi connectivity index (χ4v) is 7.08. The van der Waals surface area contributed by atoms with Gasteiger partial charge in [-0.05, 0) is 55.0 Å². The summed E-state index contributed by atoms with van der Waals surface area (Å²) in [6.07, 6.45) is 0.688. The van der Waals surface area contributed by atoms with E-state index >= 15 is 0 Å². The van der Waals surface area contributed by atoms with Gasteiger partial charge in [0.1, 0.15) is 0 Å². The average molecular weight is 511 g/mol. The molecule has 0 atom stereocenters. The molecule has 1 amide bonds. The van der Waals surface area contributed by atoms with Gasteiger partial charge in [-0.2, -0.15) is 0 Å². The Morgan fingerprint density at radius 3 is 2.25 bits per heavy atom. The van der Waals surface area contributed by atoms with Gasteiger partial charge in [0.15, 0.2) is 0 Å². The van der Waals surface area contributed by atoms with Gasteiger partial charge in [0.25, 0.3) is 16.4 Å². The van der Waals surface area contributed by atoms with E-state index in [9.17, 15) is 22.0 Å². The number of nitrogens with one attached hydrogen (secondary N) is 1. The second kappa shape index (κ2) is 9.65. The minimum atomic E-state index is -3.92. The van der Waals surface area contributed by atoms with Gasteiger partial charge in [-0.15, -0.1) is 0 Å². The first-order valence-corrected chi connectivity index (χ1v) is 13.6. The number of carbonyl (C=O) groups excluding carboxylic acids is 1. The second-order valence-electron chi connectivity index (χ2n) is 9.68. The van der Waals surface area contributed by atoms with Crippen molar-refractivity contribution in [2.24, 2.45) is 0 Å². The highest BCUT2D eigenvalue weighted by Gasteiger charge is 2.48. The van der Waals surface area contributed by atoms with Gasteiger partial charge >= 0.3 is 0 Å². The Morgan fingerprint density at radius 2 is 1.58 bits per heavy atom. The first-order valence-electron chi connectivity index (χ1n) is 12.1. The molecule has 1 N–H and O–H groups in total. The summed E-state index contributed by atoms with van der Waals surface area (Å²) < 4.78 is 54.5. The molecule has 5 rings (SSSR count). The Morgan fingerprint density at radius 1 is 0.944 bits per heavy atom. The molecule has 0 unspecified atom stereocenters. The topological polar surface area (TPSA) is 66.5 Å². The average Bonchev–Trinajstić information content (AvgIpc) is 3.21. The first-order chi connectivity index (χ1) is 17.3. The zero-order valence-corrected chi connectivity index (χ0v) is 20.6. The number of hydrogen-bond donors (Lipinski definition) is 1. The van der Waals surface area contributed by atoms with Crippen molar-refractivity contribution in [1.29, 1.82) is 0 Å². The summed E-state index contributed by atoms with van der Waals surface area (Å²) in [7, 11) is -3.92. The molecule has 1 heterocycles. The molecule has 1 spiro atoms. The van der Waals surface area contributed by atoms with Crippen molar-refractivity contribution in [3.05, 3.63) is 95.6 Å². The van der Waals surface area contributed by atoms with Gasteiger partial charge in [0.2, 0.25) is 5.91 Å². The Bertz CT molecular complexity index is 1340. The molecule has 188 valence electrons. The number of anilines is 1. The van der Waals surface area contributed by atoms with E-state index in [0.29, 0.717) is 18.7 Å². The smallest absolute Gasteiger partial charge is 0.264 e. The summed E-state index contributed by atoms with van der Waals surface area (Å²) in [5.74, 6) is -0.00887. The monoisotopic (exact) mass is 510 g/mol. The Balaban J connectivity index is 1.32. The molecule has 1 aliphatic heterocycles. The molecule has 0 bridgehead atoms. The maximum Gasteiger partial charge on any atom is 0.264 e. The largest absolute Gasteiger partial charge is 0.353 e. The Kier molecular flexibility index (Phi) is 6.55. The van der Waals surface area contributed by atoms with Crippen molar-refractivity contribution in [1.82, 2.24) is 5.32 Å². The molecular formula is C28H28F2N2O3S. The molecule has 1 aliphatic carbocycles. The number of carbonyl (C=O) groups is 1. The van der Waals surface area contributed by atoms with Gasteiger partial charge in [0.05, 0.1) is 17.0 Å². The molecule has 36 heavy (non-hydrogen) atoms. The summed E-state index contributed by atoms with van der Waals surface area (Å²) >= 11 is 0. The second-order valence-corrected chi connectivity index (χ2v) is 11.5. The van der Waals surface area contributed by atoms with Crippen molar-refractivity contribution in [3.63, 3.8) is 0 Å². The first kappa shape index (κ1) is 24.4. The van der Waals surface area contributed by atoms with Crippen LogP contribution in [-0.2, 0) is 26.7 Å². The highest BCUT2D eigenvalue weighted by Crippen LogP contribution is 2.50. The molecule has 0 radical (unpaired) electrons. The van der Waals surface area contributed by atoms with Crippen LogP contribution in [-0.4, -0.2) is 26.9 Å². The molecule has 1 saturated carbocycles. The predicted molar refractivity (Wildman–Crippen MR) is 135 cm³/mol. The highest BCUT2D eigenvalue weighted by molar-refractivity contribution is 7.92. The minimum absolute atomic E-state index is 0.000569. The predicted octanol–water partition coefficient (Wildman–Crippen LogP) is 5.37. The van der Waals surface area contributed by atoms with Gasteiger partial charge in [-0.25, -0.2) is 17.2 Å². The third kappa shape index (κ3) is 4.62. The van der Waals surface area contributed by atoms with Gasteiger partial charge in [-0.3, -0.25) is 9.10 Å². The fraction of sp³-hybridized carbons (Fsp3) is 0.321. The Hall–Kier alpha value is -3.26. The number of fused-ring (bicyclic) bond motifs is 2. The zero-order valence-electron chi connectivity index (χ0n) is 19.7. The third-order valence-corrected chi connectivity index (χ3v) is 9.20. The molecule has 3 aromatic rings. The van der Waals surface area contributed by atoms with E-state index in [4.69, 9.17) is 0 Å². The maximum absolute atomic E-state index is 13.6. The number of rotatable bonds is 6. The zero-order chi connectivity index (χ0) is 25.3. The molecule has 8 heteroatoms. The van der Waals surface area contributed by atoms with E-state index in [-0.39, 0.29) is 27.8 Å². The molecule has 0 aromatic heterocycles. The van der Waals surface area contributed by atoms with Crippen LogP contribution >= 0.6 is 0 Å². The van der Waals surface area contributed by atoms with Gasteiger partial charge in [-0.1, -0.05) is 60.7 Å². The van der Waals surface area contributed by atoms with Crippen LogP contribution in [0.4, 0.5) is 14.5 Å². The maximum atomic E-state index is 13.6. The quantitative estimate of drug-likeness (QED) is 0.485. The number of amides is 1. The summed E-state index contributed by atoms with van der Waals surface area (Å²) in [6.45, 7) is 0.302. The molecule has 0 saturated heterocycles. The third-order valence-electron chi connectivity index (χ3n) is 7.43. The van der Waals surface area contributed by atoms with E-state index in [0.717, 1.165) is 36.8 Å². The number of para-hydroxylation sites is 1. The molecule has 5 nitrogen and oxygen atoms in total. The molecular weight excluding hydrogens is 482 g/mol. The van der Waals surface area contributed by atoms with E-state index in [1.54, 1.807) is 0 Å². The van der Waals surface area contributed by atoms with Crippen molar-refractivity contribution in [3.8, 4) is 0 Å². The van der Waals surface area contributed by atoms with Crippen molar-refractivity contribution < 1.29 is 22.0 Å². The van der Waals surface area contributed by atoms with E-state index in [2.05, 4.69) is 5.32 Å². The highest BCUT2D eigenvalue weighted by atomic mass is 32.2. The fourth-order valence-electron chi connectivity index (χ4n) is 5.51. The number of hydrogen-bond acceptors (Lipinski definition) is 3. The number of sulfonamides is 1. The van der Waals surface area contributed by atoms with E-state index in [1.165, 1.54) is 28.6 Å². The normalized spacial score (nSPS) is 21.5. The van der Waals surface area contributed by atoms with Crippen LogP contribution in [0.2, 0.25) is 0 Å². The number of alkyl halides is 2. The van der Waals surface area contributed by atoms with Crippen LogP contribution in [0.15, 0.2) is 83.8 Å². The molecule has 1 fully saturated rings. The van der Waals surface area contributed by atoms with Gasteiger partial charge in [0, 0.05) is 23.6 Å². The Labute approximate surface area is 210 Å². The minimum Gasteiger partial charge on any atom is -0.353 e. The summed E-state index contributed by atoms with van der Waals surface area (Å²) in [4.78, 5) is 12.6. The van der Waals surface area contributed by atoms with Gasteiger partial charge < -0.3 is 5.32 Å². The summed E-state index contributed by atoms with van der Waals surface area (Å²) in [5, 5.41) is 3.15. The lowest BCUT2D eigenvalue weighted by molar-refractivity contribution is -0.121. The number of halogens is 2. The lowest BCUT2D eigenvalue weighted by atomic mass is 9.69. The standard InChI is InChI=1S/C28H28F2N2O3S/c29-27(30)21-10-12-23(13-11-21)36(34,35)32-19-28(24-8-4-5-9-25(24)32)16-14-22(15-17-28)31-26(33)18-20-6-2-1-3-7-20/h1-13,22,27H,14-19H2,(H,31,33). The van der Waals surface area contributed by atoms with Crippen molar-refractivity contribution >= 4 is 21.6 Å². The van der Waals surface area contributed by atoms with Crippen molar-refractivity contribution in [2.75, 3.05) is 10.8 Å². The van der Waals surface area contributed by atoms with E-state index in [1.807, 2.05) is 54.6 Å². The van der Waals surface area contributed by atoms with Crippen molar-refractivity contribution in [2.45, 2.75) is 54.9 Å². The van der Waals surface area contributed by atoms with Crippen LogP contribution in [0.25, 0.3) is 0 Å². The van der Waals surface area contributed by atoms with Crippen LogP contribution in [0, 0.1) is 0 Å². The molecule has 3 aromatic carbocycles.